The molecule has 2 atom stereocenters. The SMILES string of the molecule is C=C(C)C(=O)OCC(CC)ONCc1cccc(CNOC(CC)COC(=O)C(=C)C)c1. The first-order chi connectivity index (χ1) is 15.3. The van der Waals surface area contributed by atoms with Crippen molar-refractivity contribution >= 4 is 11.9 Å². The van der Waals surface area contributed by atoms with Gasteiger partial charge in [-0.3, -0.25) is 9.68 Å². The highest BCUT2D eigenvalue weighted by Gasteiger charge is 2.13. The van der Waals surface area contributed by atoms with E-state index in [2.05, 4.69) is 24.1 Å². The quantitative estimate of drug-likeness (QED) is 0.225. The maximum Gasteiger partial charge on any atom is 0.333 e. The molecule has 0 heterocycles. The molecule has 2 N–H and O–H groups in total. The fourth-order valence-corrected chi connectivity index (χ4v) is 2.39. The van der Waals surface area contributed by atoms with Gasteiger partial charge in [0.1, 0.15) is 25.4 Å². The van der Waals surface area contributed by atoms with Gasteiger partial charge in [-0.1, -0.05) is 51.3 Å². The summed E-state index contributed by atoms with van der Waals surface area (Å²) in [6.07, 6.45) is 0.888. The van der Waals surface area contributed by atoms with Crippen molar-refractivity contribution in [2.45, 2.75) is 65.8 Å². The molecule has 0 aliphatic rings. The fraction of sp³-hybridized carbons (Fsp3) is 0.500. The Morgan fingerprint density at radius 1 is 0.844 bits per heavy atom. The summed E-state index contributed by atoms with van der Waals surface area (Å²) in [6, 6.07) is 7.94. The van der Waals surface area contributed by atoms with Crippen LogP contribution in [0.3, 0.4) is 0 Å². The van der Waals surface area contributed by atoms with Gasteiger partial charge in [0.2, 0.25) is 0 Å². The van der Waals surface area contributed by atoms with E-state index in [1.54, 1.807) is 13.8 Å². The number of carbonyl (C=O) groups is 2. The second kappa shape index (κ2) is 15.3. The number of ether oxygens (including phenoxy) is 2. The Morgan fingerprint density at radius 3 is 1.59 bits per heavy atom. The highest BCUT2D eigenvalue weighted by molar-refractivity contribution is 5.87. The molecule has 0 aliphatic carbocycles. The van der Waals surface area contributed by atoms with Crippen LogP contribution in [0.5, 0.6) is 0 Å². The third kappa shape index (κ3) is 11.2. The van der Waals surface area contributed by atoms with Gasteiger partial charge in [0.05, 0.1) is 0 Å². The first-order valence-corrected chi connectivity index (χ1v) is 10.8. The number of hydroxylamine groups is 2. The molecule has 8 nitrogen and oxygen atoms in total. The molecule has 178 valence electrons. The Hall–Kier alpha value is -2.52. The molecule has 1 rings (SSSR count). The second-order valence-corrected chi connectivity index (χ2v) is 7.52. The van der Waals surface area contributed by atoms with Gasteiger partial charge < -0.3 is 9.47 Å². The minimum absolute atomic E-state index is 0.163. The molecule has 0 amide bonds. The molecule has 1 aromatic carbocycles. The number of nitrogens with one attached hydrogen (secondary N) is 2. The number of hydrogen-bond donors (Lipinski definition) is 2. The number of rotatable bonds is 16. The second-order valence-electron chi connectivity index (χ2n) is 7.52. The molecule has 32 heavy (non-hydrogen) atoms. The van der Waals surface area contributed by atoms with Crippen LogP contribution in [0, 0.1) is 0 Å². The summed E-state index contributed by atoms with van der Waals surface area (Å²) in [5.74, 6) is -0.845. The standard InChI is InChI=1S/C24H36N2O6/c1-7-21(15-29-23(27)17(3)4)31-25-13-19-10-9-11-20(12-19)14-26-32-22(8-2)16-30-24(28)18(5)6/h9-12,21-22,25-26H,3,5,7-8,13-16H2,1-2,4,6H3. The maximum absolute atomic E-state index is 11.5. The molecule has 8 heteroatoms. The van der Waals surface area contributed by atoms with E-state index in [0.717, 1.165) is 11.1 Å². The van der Waals surface area contributed by atoms with Crippen LogP contribution in [0.4, 0.5) is 0 Å². The lowest BCUT2D eigenvalue weighted by atomic mass is 10.1. The summed E-state index contributed by atoms with van der Waals surface area (Å²) in [5.41, 5.74) is 8.64. The van der Waals surface area contributed by atoms with E-state index in [1.165, 1.54) is 0 Å². The van der Waals surface area contributed by atoms with Crippen LogP contribution >= 0.6 is 0 Å². The van der Waals surface area contributed by atoms with E-state index in [-0.39, 0.29) is 25.4 Å². The monoisotopic (exact) mass is 448 g/mol. The molecular formula is C24H36N2O6. The third-order valence-electron chi connectivity index (χ3n) is 4.45. The zero-order valence-corrected chi connectivity index (χ0v) is 19.6. The molecule has 0 fully saturated rings. The summed E-state index contributed by atoms with van der Waals surface area (Å²) >= 11 is 0. The van der Waals surface area contributed by atoms with E-state index in [0.29, 0.717) is 37.1 Å². The van der Waals surface area contributed by atoms with Gasteiger partial charge in [-0.25, -0.2) is 9.59 Å². The van der Waals surface area contributed by atoms with Gasteiger partial charge in [-0.15, -0.1) is 0 Å². The maximum atomic E-state index is 11.5. The molecule has 0 aliphatic heterocycles. The van der Waals surface area contributed by atoms with Crippen LogP contribution in [0.1, 0.15) is 51.7 Å². The number of esters is 2. The minimum Gasteiger partial charge on any atom is -0.460 e. The number of carbonyl (C=O) groups excluding carboxylic acids is 2. The molecule has 0 aromatic heterocycles. The van der Waals surface area contributed by atoms with Gasteiger partial charge in [0.15, 0.2) is 0 Å². The minimum atomic E-state index is -0.422. The van der Waals surface area contributed by atoms with Crippen molar-refractivity contribution in [1.29, 1.82) is 0 Å². The molecule has 1 aromatic rings. The van der Waals surface area contributed by atoms with Crippen molar-refractivity contribution in [3.63, 3.8) is 0 Å². The predicted octanol–water partition coefficient (Wildman–Crippen LogP) is 3.52. The van der Waals surface area contributed by atoms with Crippen molar-refractivity contribution in [1.82, 2.24) is 11.0 Å². The zero-order valence-electron chi connectivity index (χ0n) is 19.6. The summed E-state index contributed by atoms with van der Waals surface area (Å²) in [5, 5.41) is 0. The molecule has 0 radical (unpaired) electrons. The van der Waals surface area contributed by atoms with E-state index in [4.69, 9.17) is 19.1 Å². The molecular weight excluding hydrogens is 412 g/mol. The lowest BCUT2D eigenvalue weighted by Gasteiger charge is -2.17. The van der Waals surface area contributed by atoms with Gasteiger partial charge in [0, 0.05) is 24.2 Å². The molecule has 0 saturated carbocycles. The lowest BCUT2D eigenvalue weighted by molar-refractivity contribution is -0.146. The van der Waals surface area contributed by atoms with Gasteiger partial charge >= 0.3 is 11.9 Å². The first-order valence-electron chi connectivity index (χ1n) is 10.8. The number of benzene rings is 1. The van der Waals surface area contributed by atoms with E-state index in [1.807, 2.05) is 38.1 Å². The number of hydrogen-bond acceptors (Lipinski definition) is 8. The van der Waals surface area contributed by atoms with Crippen molar-refractivity contribution in [2.75, 3.05) is 13.2 Å². The van der Waals surface area contributed by atoms with Gasteiger partial charge in [-0.05, 0) is 37.8 Å². The summed E-state index contributed by atoms with van der Waals surface area (Å²) in [7, 11) is 0. The summed E-state index contributed by atoms with van der Waals surface area (Å²) < 4.78 is 10.3. The van der Waals surface area contributed by atoms with Crippen molar-refractivity contribution < 1.29 is 28.7 Å². The third-order valence-corrected chi connectivity index (χ3v) is 4.45. The Balaban J connectivity index is 2.39. The topological polar surface area (TPSA) is 95.1 Å². The largest absolute Gasteiger partial charge is 0.460 e. The van der Waals surface area contributed by atoms with Gasteiger partial charge in [0.25, 0.3) is 0 Å². The van der Waals surface area contributed by atoms with Crippen LogP contribution in [0.15, 0.2) is 48.6 Å². The normalized spacial score (nSPS) is 12.6. The smallest absolute Gasteiger partial charge is 0.333 e. The fourth-order valence-electron chi connectivity index (χ4n) is 2.39. The molecule has 0 bridgehead atoms. The van der Waals surface area contributed by atoms with Gasteiger partial charge in [-0.2, -0.15) is 11.0 Å². The van der Waals surface area contributed by atoms with E-state index >= 15 is 0 Å². The van der Waals surface area contributed by atoms with Crippen molar-refractivity contribution in [3.05, 3.63) is 59.7 Å². The summed E-state index contributed by atoms with van der Waals surface area (Å²) in [4.78, 5) is 34.2. The van der Waals surface area contributed by atoms with Crippen LogP contribution < -0.4 is 11.0 Å². The van der Waals surface area contributed by atoms with Crippen LogP contribution in [0.25, 0.3) is 0 Å². The average Bonchev–Trinajstić information content (AvgIpc) is 2.77. The van der Waals surface area contributed by atoms with Crippen LogP contribution in [-0.2, 0) is 41.8 Å². The summed E-state index contributed by atoms with van der Waals surface area (Å²) in [6.45, 7) is 15.6. The van der Waals surface area contributed by atoms with E-state index in [9.17, 15) is 9.59 Å². The highest BCUT2D eigenvalue weighted by atomic mass is 16.7. The Labute approximate surface area is 190 Å². The van der Waals surface area contributed by atoms with Crippen LogP contribution in [0.2, 0.25) is 0 Å². The van der Waals surface area contributed by atoms with E-state index < -0.39 is 11.9 Å². The van der Waals surface area contributed by atoms with Crippen LogP contribution in [-0.4, -0.2) is 37.4 Å². The lowest BCUT2D eigenvalue weighted by Crippen LogP contribution is -2.29. The highest BCUT2D eigenvalue weighted by Crippen LogP contribution is 2.07. The Kier molecular flexibility index (Phi) is 13.2. The zero-order chi connectivity index (χ0) is 23.9. The Morgan fingerprint density at radius 2 is 1.25 bits per heavy atom. The molecule has 0 spiro atoms. The molecule has 0 saturated heterocycles. The molecule has 2 unspecified atom stereocenters. The first kappa shape index (κ1) is 27.5. The van der Waals surface area contributed by atoms with Crippen molar-refractivity contribution in [2.24, 2.45) is 0 Å². The Bertz CT molecular complexity index is 705. The average molecular weight is 449 g/mol. The predicted molar refractivity (Wildman–Crippen MR) is 122 cm³/mol. The van der Waals surface area contributed by atoms with Crippen molar-refractivity contribution in [3.8, 4) is 0 Å².